The molecule has 0 N–H and O–H groups in total. The standard InChI is InChI=1S/C46H30S/c1-3-8-37-32(6-1)22-26-41-40(37)25-23-35-20-21-36(28-44(35)41)31-14-12-29(13-15-31)30-16-18-34(19-17-30)39-10-5-11-42-43-27-24-33-7-2-4-9-38(33)46(43)47-45(39)42/h1-27,44H,28H2. The van der Waals surface area contributed by atoms with E-state index >= 15 is 0 Å². The number of hydrogen-bond acceptors (Lipinski definition) is 1. The van der Waals surface area contributed by atoms with Gasteiger partial charge in [-0.25, -0.2) is 0 Å². The molecule has 0 fully saturated rings. The molecular formula is C46H30S. The third kappa shape index (κ3) is 4.28. The van der Waals surface area contributed by atoms with E-state index in [4.69, 9.17) is 0 Å². The second-order valence-corrected chi connectivity index (χ2v) is 13.9. The molecule has 0 spiro atoms. The largest absolute Gasteiger partial charge is 0.134 e. The topological polar surface area (TPSA) is 0 Å². The third-order valence-corrected chi connectivity index (χ3v) is 11.6. The Balaban J connectivity index is 0.939. The lowest BCUT2D eigenvalue weighted by atomic mass is 9.75. The summed E-state index contributed by atoms with van der Waals surface area (Å²) < 4.78 is 2.73. The number of benzene rings is 7. The van der Waals surface area contributed by atoms with Crippen LogP contribution in [0.2, 0.25) is 0 Å². The third-order valence-electron chi connectivity index (χ3n) is 10.3. The Morgan fingerprint density at radius 3 is 1.89 bits per heavy atom. The summed E-state index contributed by atoms with van der Waals surface area (Å²) in [7, 11) is 0. The molecule has 2 aliphatic rings. The van der Waals surface area contributed by atoms with Gasteiger partial charge in [0.25, 0.3) is 0 Å². The van der Waals surface area contributed by atoms with Gasteiger partial charge in [0, 0.05) is 26.1 Å². The highest BCUT2D eigenvalue weighted by atomic mass is 32.1. The van der Waals surface area contributed by atoms with E-state index in [9.17, 15) is 0 Å². The fourth-order valence-corrected chi connectivity index (χ4v) is 9.22. The van der Waals surface area contributed by atoms with Gasteiger partial charge >= 0.3 is 0 Å². The van der Waals surface area contributed by atoms with E-state index < -0.39 is 0 Å². The van der Waals surface area contributed by atoms with E-state index in [0.717, 1.165) is 6.42 Å². The monoisotopic (exact) mass is 614 g/mol. The van der Waals surface area contributed by atoms with E-state index in [1.165, 1.54) is 91.8 Å². The highest BCUT2D eigenvalue weighted by molar-refractivity contribution is 7.27. The molecule has 0 saturated carbocycles. The van der Waals surface area contributed by atoms with Gasteiger partial charge < -0.3 is 0 Å². The summed E-state index contributed by atoms with van der Waals surface area (Å²) in [5, 5.41) is 7.98. The first-order valence-corrected chi connectivity index (χ1v) is 17.2. The van der Waals surface area contributed by atoms with Crippen LogP contribution in [0.5, 0.6) is 0 Å². The highest BCUT2D eigenvalue weighted by Gasteiger charge is 2.26. The lowest BCUT2D eigenvalue weighted by molar-refractivity contribution is 0.825. The second-order valence-electron chi connectivity index (χ2n) is 12.8. The van der Waals surface area contributed by atoms with Gasteiger partial charge in [-0.1, -0.05) is 164 Å². The maximum Gasteiger partial charge on any atom is 0.0434 e. The van der Waals surface area contributed by atoms with Gasteiger partial charge in [-0.2, -0.15) is 0 Å². The molecule has 1 heterocycles. The van der Waals surface area contributed by atoms with Crippen molar-refractivity contribution >= 4 is 64.7 Å². The van der Waals surface area contributed by atoms with Gasteiger partial charge in [-0.15, -0.1) is 11.3 Å². The van der Waals surface area contributed by atoms with Gasteiger partial charge in [0.15, 0.2) is 0 Å². The smallest absolute Gasteiger partial charge is 0.0434 e. The maximum atomic E-state index is 2.35. The van der Waals surface area contributed by atoms with Crippen molar-refractivity contribution in [2.24, 2.45) is 0 Å². The molecule has 0 bridgehead atoms. The summed E-state index contributed by atoms with van der Waals surface area (Å²) in [4.78, 5) is 0. The first-order chi connectivity index (χ1) is 23.3. The predicted molar refractivity (Wildman–Crippen MR) is 204 cm³/mol. The second kappa shape index (κ2) is 10.5. The summed E-state index contributed by atoms with van der Waals surface area (Å²) >= 11 is 1.92. The van der Waals surface area contributed by atoms with Crippen molar-refractivity contribution in [2.45, 2.75) is 12.3 Å². The number of fused-ring (bicyclic) bond motifs is 10. The molecule has 0 nitrogen and oxygen atoms in total. The first-order valence-electron chi connectivity index (χ1n) is 16.4. The molecule has 8 aromatic rings. The Morgan fingerprint density at radius 1 is 0.447 bits per heavy atom. The number of thiophene rings is 1. The minimum atomic E-state index is 0.399. The zero-order chi connectivity index (χ0) is 30.9. The summed E-state index contributed by atoms with van der Waals surface area (Å²) in [5.74, 6) is 0.399. The van der Waals surface area contributed by atoms with E-state index in [2.05, 4.69) is 164 Å². The molecule has 7 aromatic carbocycles. The van der Waals surface area contributed by atoms with E-state index in [0.29, 0.717) is 5.92 Å². The van der Waals surface area contributed by atoms with Crippen molar-refractivity contribution in [3.63, 3.8) is 0 Å². The van der Waals surface area contributed by atoms with Crippen molar-refractivity contribution in [1.29, 1.82) is 0 Å². The van der Waals surface area contributed by atoms with Crippen molar-refractivity contribution in [1.82, 2.24) is 0 Å². The van der Waals surface area contributed by atoms with Gasteiger partial charge in [0.2, 0.25) is 0 Å². The number of rotatable bonds is 3. The van der Waals surface area contributed by atoms with E-state index in [-0.39, 0.29) is 0 Å². The molecule has 0 saturated heterocycles. The van der Waals surface area contributed by atoms with Crippen molar-refractivity contribution < 1.29 is 0 Å². The van der Waals surface area contributed by atoms with Crippen LogP contribution in [0.4, 0.5) is 0 Å². The molecule has 1 aromatic heterocycles. The Bertz CT molecular complexity index is 2620. The molecule has 220 valence electrons. The van der Waals surface area contributed by atoms with Crippen LogP contribution >= 0.6 is 11.3 Å². The van der Waals surface area contributed by atoms with Crippen LogP contribution in [0, 0.1) is 0 Å². The van der Waals surface area contributed by atoms with Gasteiger partial charge in [-0.3, -0.25) is 0 Å². The molecule has 47 heavy (non-hydrogen) atoms. The van der Waals surface area contributed by atoms with Crippen LogP contribution in [0.3, 0.4) is 0 Å². The highest BCUT2D eigenvalue weighted by Crippen LogP contribution is 2.46. The quantitative estimate of drug-likeness (QED) is 0.186. The van der Waals surface area contributed by atoms with Gasteiger partial charge in [0.1, 0.15) is 0 Å². The average Bonchev–Trinajstić information content (AvgIpc) is 3.54. The normalized spacial score (nSPS) is 15.5. The van der Waals surface area contributed by atoms with Crippen LogP contribution in [-0.4, -0.2) is 0 Å². The Kier molecular flexibility index (Phi) is 5.97. The predicted octanol–water partition coefficient (Wildman–Crippen LogP) is 13.2. The summed E-state index contributed by atoms with van der Waals surface area (Å²) in [5.41, 5.74) is 12.0. The number of hydrogen-bond donors (Lipinski definition) is 0. The molecule has 0 aliphatic heterocycles. The first kappa shape index (κ1) is 26.7. The average molecular weight is 615 g/mol. The number of allylic oxidation sites excluding steroid dienone is 5. The molecule has 10 rings (SSSR count). The van der Waals surface area contributed by atoms with Crippen LogP contribution < -0.4 is 0 Å². The molecule has 2 aliphatic carbocycles. The van der Waals surface area contributed by atoms with Gasteiger partial charge in [0.05, 0.1) is 0 Å². The molecule has 1 heteroatoms. The lowest BCUT2D eigenvalue weighted by Crippen LogP contribution is -2.11. The Morgan fingerprint density at radius 2 is 1.09 bits per heavy atom. The zero-order valence-electron chi connectivity index (χ0n) is 25.8. The van der Waals surface area contributed by atoms with Crippen molar-refractivity contribution in [3.8, 4) is 22.3 Å². The minimum absolute atomic E-state index is 0.399. The molecule has 0 amide bonds. The van der Waals surface area contributed by atoms with Crippen molar-refractivity contribution in [2.75, 3.05) is 0 Å². The molecular weight excluding hydrogens is 585 g/mol. The van der Waals surface area contributed by atoms with Gasteiger partial charge in [-0.05, 0) is 78.1 Å². The van der Waals surface area contributed by atoms with Crippen molar-refractivity contribution in [3.05, 3.63) is 180 Å². The van der Waals surface area contributed by atoms with E-state index in [1.54, 1.807) is 0 Å². The lowest BCUT2D eigenvalue weighted by Gasteiger charge is -2.29. The maximum absolute atomic E-state index is 2.35. The summed E-state index contributed by atoms with van der Waals surface area (Å²) in [6, 6.07) is 51.7. The van der Waals surface area contributed by atoms with E-state index in [1.807, 2.05) is 11.3 Å². The fraction of sp³-hybridized carbons (Fsp3) is 0.0435. The summed E-state index contributed by atoms with van der Waals surface area (Å²) in [6.45, 7) is 0. The molecule has 0 radical (unpaired) electrons. The Hall–Kier alpha value is -5.50. The Labute approximate surface area is 278 Å². The minimum Gasteiger partial charge on any atom is -0.134 e. The van der Waals surface area contributed by atoms with Crippen LogP contribution in [0.25, 0.3) is 75.6 Å². The van der Waals surface area contributed by atoms with Crippen LogP contribution in [0.1, 0.15) is 29.0 Å². The molecule has 1 unspecified atom stereocenters. The fourth-order valence-electron chi connectivity index (χ4n) is 7.85. The van der Waals surface area contributed by atoms with Crippen LogP contribution in [-0.2, 0) is 0 Å². The summed E-state index contributed by atoms with van der Waals surface area (Å²) in [6.07, 6.45) is 10.3. The SMILES string of the molecule is C1=Cc2c(ccc3ccccc23)C2CC(c3ccc(-c4ccc(-c5cccc6c5sc5c7ccccc7ccc65)cc4)cc3)=CC=C12. The molecule has 1 atom stereocenters. The zero-order valence-corrected chi connectivity index (χ0v) is 26.6. The van der Waals surface area contributed by atoms with Crippen LogP contribution in [0.15, 0.2) is 163 Å².